The van der Waals surface area contributed by atoms with E-state index in [1.165, 1.54) is 6.20 Å². The van der Waals surface area contributed by atoms with Crippen LogP contribution < -0.4 is 5.32 Å². The van der Waals surface area contributed by atoms with Crippen molar-refractivity contribution in [3.63, 3.8) is 0 Å². The summed E-state index contributed by atoms with van der Waals surface area (Å²) in [5.74, 6) is -0.951. The van der Waals surface area contributed by atoms with Crippen LogP contribution in [0.25, 0.3) is 10.9 Å². The van der Waals surface area contributed by atoms with Gasteiger partial charge in [0.15, 0.2) is 0 Å². The van der Waals surface area contributed by atoms with Gasteiger partial charge in [0.25, 0.3) is 0 Å². The van der Waals surface area contributed by atoms with Crippen LogP contribution in [0, 0.1) is 11.6 Å². The van der Waals surface area contributed by atoms with E-state index < -0.39 is 11.6 Å². The van der Waals surface area contributed by atoms with Crippen LogP contribution in [0.3, 0.4) is 0 Å². The third-order valence-corrected chi connectivity index (χ3v) is 3.14. The van der Waals surface area contributed by atoms with Crippen molar-refractivity contribution in [2.45, 2.75) is 32.7 Å². The number of hydrogen-bond acceptors (Lipinski definition) is 2. The van der Waals surface area contributed by atoms with Gasteiger partial charge in [-0.2, -0.15) is 0 Å². The van der Waals surface area contributed by atoms with Crippen LogP contribution in [0.15, 0.2) is 24.4 Å². The molecule has 0 aliphatic rings. The number of aromatic nitrogens is 1. The molecule has 0 saturated heterocycles. The lowest BCUT2D eigenvalue weighted by molar-refractivity contribution is 0.614. The van der Waals surface area contributed by atoms with Crippen LogP contribution in [0.4, 0.5) is 14.5 Å². The quantitative estimate of drug-likeness (QED) is 0.883. The lowest BCUT2D eigenvalue weighted by Crippen LogP contribution is -2.17. The van der Waals surface area contributed by atoms with Gasteiger partial charge in [-0.05, 0) is 31.0 Å². The summed E-state index contributed by atoms with van der Waals surface area (Å²) in [5, 5.41) is 3.47. The molecule has 1 N–H and O–H groups in total. The van der Waals surface area contributed by atoms with Crippen LogP contribution >= 0.6 is 0 Å². The van der Waals surface area contributed by atoms with Crippen molar-refractivity contribution < 1.29 is 8.78 Å². The maximum Gasteiger partial charge on any atom is 0.149 e. The standard InChI is InChI=1S/C14H16F2N2/c1-3-9(4-2)18-12-7-8-17-14-11(16)6-5-10(15)13(12)14/h5-9H,3-4H2,1-2H3,(H,17,18). The van der Waals surface area contributed by atoms with Crippen molar-refractivity contribution in [1.82, 2.24) is 4.98 Å². The largest absolute Gasteiger partial charge is 0.382 e. The Bertz CT molecular complexity index is 551. The lowest BCUT2D eigenvalue weighted by atomic mass is 10.1. The minimum Gasteiger partial charge on any atom is -0.382 e. The minimum absolute atomic E-state index is 0.0750. The summed E-state index contributed by atoms with van der Waals surface area (Å²) in [4.78, 5) is 3.91. The summed E-state index contributed by atoms with van der Waals surface area (Å²) in [6.07, 6.45) is 3.35. The van der Waals surface area contributed by atoms with Gasteiger partial charge in [-0.1, -0.05) is 13.8 Å². The van der Waals surface area contributed by atoms with Gasteiger partial charge in [0, 0.05) is 17.9 Å². The molecule has 0 bridgehead atoms. The first-order valence-electron chi connectivity index (χ1n) is 6.16. The Morgan fingerprint density at radius 2 is 1.78 bits per heavy atom. The molecule has 2 nitrogen and oxygen atoms in total. The molecule has 0 radical (unpaired) electrons. The molecule has 0 unspecified atom stereocenters. The van der Waals surface area contributed by atoms with Gasteiger partial charge >= 0.3 is 0 Å². The van der Waals surface area contributed by atoms with Crippen LogP contribution in [-0.4, -0.2) is 11.0 Å². The molecule has 2 rings (SSSR count). The molecule has 0 fully saturated rings. The number of nitrogens with zero attached hydrogens (tertiary/aromatic N) is 1. The summed E-state index contributed by atoms with van der Waals surface area (Å²) in [6.45, 7) is 4.11. The van der Waals surface area contributed by atoms with E-state index in [0.717, 1.165) is 25.0 Å². The highest BCUT2D eigenvalue weighted by Crippen LogP contribution is 2.27. The third-order valence-electron chi connectivity index (χ3n) is 3.14. The molecule has 0 saturated carbocycles. The topological polar surface area (TPSA) is 24.9 Å². The number of hydrogen-bond donors (Lipinski definition) is 1. The molecule has 1 aromatic heterocycles. The van der Waals surface area contributed by atoms with Crippen molar-refractivity contribution in [3.8, 4) is 0 Å². The summed E-state index contributed by atoms with van der Waals surface area (Å²) in [6, 6.07) is 4.17. The Hall–Kier alpha value is -1.71. The second-order valence-electron chi connectivity index (χ2n) is 4.27. The smallest absolute Gasteiger partial charge is 0.149 e. The second kappa shape index (κ2) is 5.29. The Morgan fingerprint density at radius 3 is 2.44 bits per heavy atom. The molecule has 18 heavy (non-hydrogen) atoms. The first kappa shape index (κ1) is 12.7. The fourth-order valence-electron chi connectivity index (χ4n) is 2.03. The minimum atomic E-state index is -0.500. The van der Waals surface area contributed by atoms with Crippen molar-refractivity contribution in [1.29, 1.82) is 0 Å². The summed E-state index contributed by atoms with van der Waals surface area (Å²) >= 11 is 0. The summed E-state index contributed by atoms with van der Waals surface area (Å²) in [7, 11) is 0. The Kier molecular flexibility index (Phi) is 3.75. The SMILES string of the molecule is CCC(CC)Nc1ccnc2c(F)ccc(F)c12. The molecule has 4 heteroatoms. The molecular formula is C14H16F2N2. The second-order valence-corrected chi connectivity index (χ2v) is 4.27. The maximum atomic E-state index is 13.8. The maximum absolute atomic E-state index is 13.8. The van der Waals surface area contributed by atoms with Gasteiger partial charge in [0.2, 0.25) is 0 Å². The number of rotatable bonds is 4. The van der Waals surface area contributed by atoms with E-state index in [2.05, 4.69) is 24.1 Å². The normalized spacial score (nSPS) is 11.2. The zero-order chi connectivity index (χ0) is 13.1. The number of fused-ring (bicyclic) bond motifs is 1. The van der Waals surface area contributed by atoms with E-state index in [4.69, 9.17) is 0 Å². The highest BCUT2D eigenvalue weighted by atomic mass is 19.1. The highest BCUT2D eigenvalue weighted by molar-refractivity contribution is 5.92. The predicted octanol–water partition coefficient (Wildman–Crippen LogP) is 4.11. The molecule has 96 valence electrons. The van der Waals surface area contributed by atoms with E-state index >= 15 is 0 Å². The van der Waals surface area contributed by atoms with Gasteiger partial charge in [-0.15, -0.1) is 0 Å². The van der Waals surface area contributed by atoms with E-state index in [1.54, 1.807) is 6.07 Å². The van der Waals surface area contributed by atoms with Crippen molar-refractivity contribution in [2.24, 2.45) is 0 Å². The molecule has 0 amide bonds. The molecular weight excluding hydrogens is 234 g/mol. The van der Waals surface area contributed by atoms with Crippen molar-refractivity contribution in [3.05, 3.63) is 36.0 Å². The van der Waals surface area contributed by atoms with Crippen LogP contribution in [0.2, 0.25) is 0 Å². The molecule has 0 atom stereocenters. The molecule has 1 aromatic carbocycles. The fraction of sp³-hybridized carbons (Fsp3) is 0.357. The van der Waals surface area contributed by atoms with Gasteiger partial charge in [-0.25, -0.2) is 8.78 Å². The molecule has 2 aromatic rings. The zero-order valence-corrected chi connectivity index (χ0v) is 10.5. The van der Waals surface area contributed by atoms with E-state index in [1.807, 2.05) is 0 Å². The first-order valence-corrected chi connectivity index (χ1v) is 6.16. The number of nitrogens with one attached hydrogen (secondary N) is 1. The van der Waals surface area contributed by atoms with Gasteiger partial charge in [0.1, 0.15) is 17.2 Å². The number of anilines is 1. The van der Waals surface area contributed by atoms with Crippen LogP contribution in [-0.2, 0) is 0 Å². The van der Waals surface area contributed by atoms with E-state index in [-0.39, 0.29) is 16.9 Å². The van der Waals surface area contributed by atoms with Crippen molar-refractivity contribution in [2.75, 3.05) is 5.32 Å². The molecule has 0 aliphatic carbocycles. The summed E-state index contributed by atoms with van der Waals surface area (Å²) < 4.78 is 27.4. The first-order chi connectivity index (χ1) is 8.67. The Morgan fingerprint density at radius 1 is 1.11 bits per heavy atom. The number of pyridine rings is 1. The van der Waals surface area contributed by atoms with Gasteiger partial charge < -0.3 is 5.32 Å². The molecule has 0 aliphatic heterocycles. The average molecular weight is 250 g/mol. The number of halogens is 2. The van der Waals surface area contributed by atoms with E-state index in [0.29, 0.717) is 5.69 Å². The molecule has 1 heterocycles. The van der Waals surface area contributed by atoms with Crippen LogP contribution in [0.5, 0.6) is 0 Å². The van der Waals surface area contributed by atoms with Crippen LogP contribution in [0.1, 0.15) is 26.7 Å². The fourth-order valence-corrected chi connectivity index (χ4v) is 2.03. The lowest BCUT2D eigenvalue weighted by Gasteiger charge is -2.17. The van der Waals surface area contributed by atoms with Gasteiger partial charge in [0.05, 0.1) is 5.39 Å². The van der Waals surface area contributed by atoms with Gasteiger partial charge in [-0.3, -0.25) is 4.98 Å². The average Bonchev–Trinajstić information content (AvgIpc) is 2.40. The van der Waals surface area contributed by atoms with E-state index in [9.17, 15) is 8.78 Å². The third kappa shape index (κ3) is 2.28. The monoisotopic (exact) mass is 250 g/mol. The summed E-state index contributed by atoms with van der Waals surface area (Å²) in [5.41, 5.74) is 0.677. The van der Waals surface area contributed by atoms with Crippen molar-refractivity contribution >= 4 is 16.6 Å². The highest BCUT2D eigenvalue weighted by Gasteiger charge is 2.13. The molecule has 0 spiro atoms. The Labute approximate surface area is 105 Å². The zero-order valence-electron chi connectivity index (χ0n) is 10.5. The number of benzene rings is 1. The predicted molar refractivity (Wildman–Crippen MR) is 69.7 cm³/mol. The Balaban J connectivity index is 2.54.